The average molecular weight is 440 g/mol. The van der Waals surface area contributed by atoms with Crippen molar-refractivity contribution < 1.29 is 32.3 Å². The van der Waals surface area contributed by atoms with Gasteiger partial charge in [0.1, 0.15) is 5.54 Å². The number of nitrogens with zero attached hydrogens (tertiary/aromatic N) is 1. The van der Waals surface area contributed by atoms with Crippen molar-refractivity contribution in [2.24, 2.45) is 11.8 Å². The van der Waals surface area contributed by atoms with Gasteiger partial charge in [0.25, 0.3) is 0 Å². The number of likely N-dealkylation sites (tertiary alicyclic amines) is 1. The van der Waals surface area contributed by atoms with Crippen molar-refractivity contribution in [3.63, 3.8) is 0 Å². The first-order valence-electron chi connectivity index (χ1n) is 10.4. The molecule has 1 saturated carbocycles. The van der Waals surface area contributed by atoms with Gasteiger partial charge >= 0.3 is 12.1 Å². The lowest BCUT2D eigenvalue weighted by molar-refractivity contribution is -0.153. The summed E-state index contributed by atoms with van der Waals surface area (Å²) in [6.07, 6.45) is -2.00. The molecule has 1 N–H and O–H groups in total. The molecule has 0 radical (unpaired) electrons. The molecule has 1 heterocycles. The number of esters is 1. The summed E-state index contributed by atoms with van der Waals surface area (Å²) in [5.41, 5.74) is -1.52. The lowest BCUT2D eigenvalue weighted by Gasteiger charge is -2.38. The van der Waals surface area contributed by atoms with Gasteiger partial charge in [-0.25, -0.2) is 4.79 Å². The maximum atomic E-state index is 12.9. The highest BCUT2D eigenvalue weighted by atomic mass is 19.4. The third-order valence-corrected chi connectivity index (χ3v) is 6.28. The van der Waals surface area contributed by atoms with Crippen LogP contribution in [-0.4, -0.2) is 41.9 Å². The van der Waals surface area contributed by atoms with Crippen LogP contribution >= 0.6 is 0 Å². The monoisotopic (exact) mass is 440 g/mol. The zero-order valence-corrected chi connectivity index (χ0v) is 17.6. The van der Waals surface area contributed by atoms with Gasteiger partial charge in [-0.05, 0) is 49.3 Å². The molecular formula is C22H27F3N2O4. The summed E-state index contributed by atoms with van der Waals surface area (Å²) in [4.78, 5) is 39.1. The molecule has 2 aliphatic rings. The van der Waals surface area contributed by atoms with Crippen LogP contribution in [0.25, 0.3) is 0 Å². The van der Waals surface area contributed by atoms with Crippen LogP contribution in [0.5, 0.6) is 0 Å². The van der Waals surface area contributed by atoms with E-state index in [1.807, 2.05) is 0 Å². The van der Waals surface area contributed by atoms with Gasteiger partial charge in [-0.2, -0.15) is 13.2 Å². The quantitative estimate of drug-likeness (QED) is 0.713. The van der Waals surface area contributed by atoms with E-state index in [0.29, 0.717) is 24.3 Å². The first-order valence-corrected chi connectivity index (χ1v) is 10.4. The second-order valence-electron chi connectivity index (χ2n) is 8.62. The average Bonchev–Trinajstić information content (AvgIpc) is 3.09. The summed E-state index contributed by atoms with van der Waals surface area (Å²) in [5.74, 6) is -1.41. The number of alkyl halides is 3. The molecule has 170 valence electrons. The summed E-state index contributed by atoms with van der Waals surface area (Å²) in [5, 5.41) is 2.84. The van der Waals surface area contributed by atoms with Crippen molar-refractivity contribution in [3.05, 3.63) is 35.4 Å². The Hall–Kier alpha value is -2.58. The van der Waals surface area contributed by atoms with E-state index in [2.05, 4.69) is 12.2 Å². The molecule has 1 aromatic carbocycles. The van der Waals surface area contributed by atoms with Crippen molar-refractivity contribution >= 4 is 17.8 Å². The zero-order valence-electron chi connectivity index (χ0n) is 17.6. The predicted molar refractivity (Wildman–Crippen MR) is 105 cm³/mol. The number of benzene rings is 1. The minimum Gasteiger partial charge on any atom is -0.467 e. The molecule has 2 fully saturated rings. The summed E-state index contributed by atoms with van der Waals surface area (Å²) in [7, 11) is 1.28. The van der Waals surface area contributed by atoms with Gasteiger partial charge in [-0.1, -0.05) is 19.1 Å². The van der Waals surface area contributed by atoms with E-state index in [0.717, 1.165) is 25.0 Å². The zero-order chi connectivity index (χ0) is 22.8. The van der Waals surface area contributed by atoms with E-state index in [1.165, 1.54) is 24.1 Å². The summed E-state index contributed by atoms with van der Waals surface area (Å²) >= 11 is 0. The third-order valence-electron chi connectivity index (χ3n) is 6.28. The molecule has 6 nitrogen and oxygen atoms in total. The number of carbonyl (C=O) groups is 3. The maximum absolute atomic E-state index is 12.9. The molecule has 1 atom stereocenters. The first-order chi connectivity index (χ1) is 14.5. The Kier molecular flexibility index (Phi) is 6.62. The fourth-order valence-electron chi connectivity index (χ4n) is 4.34. The number of methoxy groups -OCH3 is 1. The molecule has 0 bridgehead atoms. The smallest absolute Gasteiger partial charge is 0.416 e. The summed E-state index contributed by atoms with van der Waals surface area (Å²) in [6, 6.07) is 4.80. The molecule has 1 saturated heterocycles. The molecule has 2 amide bonds. The minimum atomic E-state index is -4.47. The van der Waals surface area contributed by atoms with E-state index < -0.39 is 35.1 Å². The Morgan fingerprint density at radius 1 is 1.26 bits per heavy atom. The number of ether oxygens (including phenoxy) is 1. The van der Waals surface area contributed by atoms with Gasteiger partial charge in [0, 0.05) is 19.5 Å². The van der Waals surface area contributed by atoms with Gasteiger partial charge in [0.15, 0.2) is 0 Å². The summed E-state index contributed by atoms with van der Waals surface area (Å²) in [6.45, 7) is 2.17. The van der Waals surface area contributed by atoms with Gasteiger partial charge in [-0.3, -0.25) is 9.59 Å². The summed E-state index contributed by atoms with van der Waals surface area (Å²) < 4.78 is 43.7. The Balaban J connectivity index is 1.66. The molecular weight excluding hydrogens is 413 g/mol. The first kappa shape index (κ1) is 23.1. The van der Waals surface area contributed by atoms with Crippen molar-refractivity contribution in [2.75, 3.05) is 13.7 Å². The Morgan fingerprint density at radius 3 is 2.55 bits per heavy atom. The molecule has 1 aliphatic carbocycles. The lowest BCUT2D eigenvalue weighted by Crippen LogP contribution is -2.58. The van der Waals surface area contributed by atoms with Gasteiger partial charge in [-0.15, -0.1) is 0 Å². The fraction of sp³-hybridized carbons (Fsp3) is 0.591. The van der Waals surface area contributed by atoms with Crippen LogP contribution in [0.15, 0.2) is 24.3 Å². The highest BCUT2D eigenvalue weighted by molar-refractivity contribution is 5.93. The minimum absolute atomic E-state index is 0.00775. The maximum Gasteiger partial charge on any atom is 0.416 e. The van der Waals surface area contributed by atoms with E-state index in [9.17, 15) is 27.6 Å². The number of halogens is 3. The molecule has 0 spiro atoms. The molecule has 1 unspecified atom stereocenters. The molecule has 1 aliphatic heterocycles. The molecule has 3 rings (SSSR count). The van der Waals surface area contributed by atoms with E-state index in [4.69, 9.17) is 4.74 Å². The van der Waals surface area contributed by atoms with Crippen molar-refractivity contribution in [3.8, 4) is 0 Å². The van der Waals surface area contributed by atoms with Crippen molar-refractivity contribution in [1.29, 1.82) is 0 Å². The molecule has 9 heteroatoms. The Bertz CT molecular complexity index is 847. The van der Waals surface area contributed by atoms with Crippen LogP contribution in [0.2, 0.25) is 0 Å². The van der Waals surface area contributed by atoms with E-state index in [-0.39, 0.29) is 25.4 Å². The Morgan fingerprint density at radius 2 is 1.94 bits per heavy atom. The molecule has 0 aromatic heterocycles. The number of nitrogens with one attached hydrogen (secondary N) is 1. The van der Waals surface area contributed by atoms with Gasteiger partial charge in [0.05, 0.1) is 18.6 Å². The number of hydrogen-bond acceptors (Lipinski definition) is 4. The largest absolute Gasteiger partial charge is 0.467 e. The number of rotatable bonds is 5. The highest BCUT2D eigenvalue weighted by Crippen LogP contribution is 2.34. The highest BCUT2D eigenvalue weighted by Gasteiger charge is 2.45. The second-order valence-corrected chi connectivity index (χ2v) is 8.62. The third kappa shape index (κ3) is 5.19. The van der Waals surface area contributed by atoms with Crippen LogP contribution < -0.4 is 5.32 Å². The van der Waals surface area contributed by atoms with Gasteiger partial charge < -0.3 is 15.0 Å². The predicted octanol–water partition coefficient (Wildman–Crippen LogP) is 3.29. The van der Waals surface area contributed by atoms with E-state index in [1.54, 1.807) is 0 Å². The molecule has 31 heavy (non-hydrogen) atoms. The number of amides is 2. The van der Waals surface area contributed by atoms with Gasteiger partial charge in [0.2, 0.25) is 11.8 Å². The van der Waals surface area contributed by atoms with Crippen LogP contribution in [0.1, 0.15) is 50.2 Å². The van der Waals surface area contributed by atoms with E-state index >= 15 is 0 Å². The van der Waals surface area contributed by atoms with Crippen LogP contribution in [0, 0.1) is 11.8 Å². The van der Waals surface area contributed by atoms with Crippen LogP contribution in [0.3, 0.4) is 0 Å². The van der Waals surface area contributed by atoms with Crippen LogP contribution in [0.4, 0.5) is 13.2 Å². The SMILES string of the molecule is COC(=O)C1(NC(=O)C2CC(=O)N(Cc3cccc(C(F)(F)F)c3)C2)CCC(C)CC1. The standard InChI is InChI=1S/C22H27F3N2O4/c1-14-6-8-21(9-7-14,20(30)31-2)26-19(29)16-11-18(28)27(13-16)12-15-4-3-5-17(10-15)22(23,24)25/h3-5,10,14,16H,6-9,11-13H2,1-2H3,(H,26,29). The Labute approximate surface area is 179 Å². The number of carbonyl (C=O) groups excluding carboxylic acids is 3. The topological polar surface area (TPSA) is 75.7 Å². The molecule has 1 aromatic rings. The van der Waals surface area contributed by atoms with Crippen molar-refractivity contribution in [2.45, 2.75) is 57.3 Å². The number of hydrogen-bond donors (Lipinski definition) is 1. The lowest BCUT2D eigenvalue weighted by atomic mass is 9.76. The second kappa shape index (κ2) is 8.88. The fourth-order valence-corrected chi connectivity index (χ4v) is 4.34. The van der Waals surface area contributed by atoms with Crippen LogP contribution in [-0.2, 0) is 31.8 Å². The normalized spacial score (nSPS) is 26.6. The van der Waals surface area contributed by atoms with Crippen molar-refractivity contribution in [1.82, 2.24) is 10.2 Å².